The highest BCUT2D eigenvalue weighted by molar-refractivity contribution is 8.16. The van der Waals surface area contributed by atoms with Crippen LogP contribution in [0.1, 0.15) is 57.2 Å². The monoisotopic (exact) mass is 476 g/mol. The predicted octanol–water partition coefficient (Wildman–Crippen LogP) is 5.54. The van der Waals surface area contributed by atoms with Crippen molar-refractivity contribution in [1.82, 2.24) is 4.90 Å². The molecule has 2 aliphatic heterocycles. The zero-order valence-corrected chi connectivity index (χ0v) is 21.8. The number of carbonyl (C=O) groups excluding carboxylic acids is 1. The first-order valence-corrected chi connectivity index (χ1v) is 13.2. The van der Waals surface area contributed by atoms with E-state index >= 15 is 0 Å². The van der Waals surface area contributed by atoms with Crippen LogP contribution in [0.2, 0.25) is 0 Å². The first-order valence-electron chi connectivity index (χ1n) is 12.2. The van der Waals surface area contributed by atoms with Gasteiger partial charge in [-0.2, -0.15) is 0 Å². The van der Waals surface area contributed by atoms with Crippen molar-refractivity contribution in [3.8, 4) is 0 Å². The second kappa shape index (κ2) is 10.0. The molecule has 0 radical (unpaired) electrons. The number of nitrogens with one attached hydrogen (secondary N) is 1. The fraction of sp³-hybridized carbons (Fsp3) is 0.464. The third kappa shape index (κ3) is 5.78. The Balaban J connectivity index is 1.50. The Morgan fingerprint density at radius 2 is 1.68 bits per heavy atom. The minimum Gasteiger partial charge on any atom is -0.325 e. The Labute approximate surface area is 208 Å². The van der Waals surface area contributed by atoms with Crippen LogP contribution in [0.15, 0.2) is 58.5 Å². The summed E-state index contributed by atoms with van der Waals surface area (Å²) in [7, 11) is 2.15. The highest BCUT2D eigenvalue weighted by atomic mass is 32.2. The van der Waals surface area contributed by atoms with Crippen molar-refractivity contribution in [3.63, 3.8) is 0 Å². The van der Waals surface area contributed by atoms with Crippen molar-refractivity contribution < 1.29 is 4.79 Å². The van der Waals surface area contributed by atoms with E-state index in [1.807, 2.05) is 12.1 Å². The van der Waals surface area contributed by atoms with Crippen molar-refractivity contribution in [2.75, 3.05) is 31.2 Å². The molecule has 1 spiro atoms. The van der Waals surface area contributed by atoms with Crippen LogP contribution in [-0.2, 0) is 16.6 Å². The summed E-state index contributed by atoms with van der Waals surface area (Å²) in [6.45, 7) is 10.8. The molecule has 4 rings (SSSR count). The molecule has 1 amide bonds. The number of piperidine rings is 1. The van der Waals surface area contributed by atoms with E-state index in [9.17, 15) is 4.79 Å². The second-order valence-electron chi connectivity index (χ2n) is 10.4. The lowest BCUT2D eigenvalue weighted by Crippen LogP contribution is -2.39. The third-order valence-corrected chi connectivity index (χ3v) is 7.59. The highest BCUT2D eigenvalue weighted by Gasteiger charge is 2.39. The van der Waals surface area contributed by atoms with E-state index in [0.717, 1.165) is 54.4 Å². The number of aryl methyl sites for hydroxylation is 1. The van der Waals surface area contributed by atoms with Crippen LogP contribution in [0, 0.1) is 0 Å². The number of thioether (sulfide) groups is 1. The van der Waals surface area contributed by atoms with Crippen LogP contribution < -0.4 is 5.32 Å². The molecule has 2 aromatic rings. The van der Waals surface area contributed by atoms with Gasteiger partial charge < -0.3 is 10.2 Å². The zero-order chi connectivity index (χ0) is 24.3. The topological polar surface area (TPSA) is 57.1 Å². The Morgan fingerprint density at radius 1 is 1.03 bits per heavy atom. The molecule has 5 nitrogen and oxygen atoms in total. The van der Waals surface area contributed by atoms with Gasteiger partial charge in [-0.3, -0.25) is 9.79 Å². The van der Waals surface area contributed by atoms with Gasteiger partial charge in [-0.05, 0) is 42.1 Å². The smallest absolute Gasteiger partial charge is 0.234 e. The molecule has 34 heavy (non-hydrogen) atoms. The minimum absolute atomic E-state index is 0.0243. The molecule has 1 N–H and O–H groups in total. The van der Waals surface area contributed by atoms with Gasteiger partial charge in [0.2, 0.25) is 5.91 Å². The fourth-order valence-corrected chi connectivity index (χ4v) is 5.17. The molecular weight excluding hydrogens is 440 g/mol. The summed E-state index contributed by atoms with van der Waals surface area (Å²) in [5.41, 5.74) is 5.09. The second-order valence-corrected chi connectivity index (χ2v) is 11.3. The molecule has 1 saturated heterocycles. The summed E-state index contributed by atoms with van der Waals surface area (Å²) in [5.74, 6) is 0.285. The zero-order valence-electron chi connectivity index (χ0n) is 21.0. The summed E-state index contributed by atoms with van der Waals surface area (Å²) in [6, 6.07) is 16.7. The molecule has 0 atom stereocenters. The van der Waals surface area contributed by atoms with Crippen molar-refractivity contribution in [2.45, 2.75) is 58.0 Å². The maximum Gasteiger partial charge on any atom is 0.234 e. The lowest BCUT2D eigenvalue weighted by molar-refractivity contribution is -0.113. The summed E-state index contributed by atoms with van der Waals surface area (Å²) in [4.78, 5) is 25.3. The van der Waals surface area contributed by atoms with E-state index in [0.29, 0.717) is 5.75 Å². The van der Waals surface area contributed by atoms with Gasteiger partial charge in [0.25, 0.3) is 0 Å². The van der Waals surface area contributed by atoms with Crippen LogP contribution >= 0.6 is 11.8 Å². The first-order chi connectivity index (χ1) is 16.2. The average Bonchev–Trinajstić information content (AvgIpc) is 3.18. The van der Waals surface area contributed by atoms with Gasteiger partial charge in [0.15, 0.2) is 5.66 Å². The standard InChI is InChI=1S/C28H36N4OS/c1-6-20-7-13-23(14-8-20)29-24(33)19-34-26-25(21-9-11-22(12-10-21)27(2,3)4)30-28(31-26)15-17-32(5)18-16-28/h7-14H,6,15-19H2,1-5H3,(H,29,33). The van der Waals surface area contributed by atoms with Crippen LogP contribution in [0.3, 0.4) is 0 Å². The highest BCUT2D eigenvalue weighted by Crippen LogP contribution is 2.35. The Kier molecular flexibility index (Phi) is 7.29. The average molecular weight is 477 g/mol. The molecule has 2 aromatic carbocycles. The van der Waals surface area contributed by atoms with Gasteiger partial charge in [-0.15, -0.1) is 0 Å². The SMILES string of the molecule is CCc1ccc(NC(=O)CSC2=NC3(CCN(C)CC3)N=C2c2ccc(C(C)(C)C)cc2)cc1. The Hall–Kier alpha value is -2.44. The number of nitrogens with zero attached hydrogens (tertiary/aromatic N) is 3. The van der Waals surface area contributed by atoms with E-state index in [1.54, 1.807) is 0 Å². The molecule has 6 heteroatoms. The van der Waals surface area contributed by atoms with Crippen molar-refractivity contribution in [2.24, 2.45) is 9.98 Å². The summed E-state index contributed by atoms with van der Waals surface area (Å²) >= 11 is 1.49. The Morgan fingerprint density at radius 3 is 2.26 bits per heavy atom. The van der Waals surface area contributed by atoms with E-state index < -0.39 is 0 Å². The van der Waals surface area contributed by atoms with E-state index in [1.165, 1.54) is 22.9 Å². The molecule has 2 aliphatic rings. The number of hydrogen-bond acceptors (Lipinski definition) is 5. The molecule has 0 saturated carbocycles. The third-order valence-electron chi connectivity index (χ3n) is 6.63. The number of aliphatic imine (C=N–C) groups is 2. The first kappa shape index (κ1) is 24.7. The number of benzene rings is 2. The van der Waals surface area contributed by atoms with Crippen molar-refractivity contribution in [3.05, 3.63) is 65.2 Å². The van der Waals surface area contributed by atoms with Crippen LogP contribution in [0.25, 0.3) is 0 Å². The lowest BCUT2D eigenvalue weighted by Gasteiger charge is -2.33. The normalized spacial score (nSPS) is 18.0. The number of amides is 1. The van der Waals surface area contributed by atoms with Crippen LogP contribution in [0.4, 0.5) is 5.69 Å². The Bertz CT molecular complexity index is 1070. The van der Waals surface area contributed by atoms with Crippen LogP contribution in [-0.4, -0.2) is 53.1 Å². The van der Waals surface area contributed by atoms with Gasteiger partial charge >= 0.3 is 0 Å². The molecule has 0 bridgehead atoms. The van der Waals surface area contributed by atoms with Gasteiger partial charge in [-0.25, -0.2) is 4.99 Å². The summed E-state index contributed by atoms with van der Waals surface area (Å²) < 4.78 is 0. The quantitative estimate of drug-likeness (QED) is 0.616. The molecule has 1 fully saturated rings. The molecule has 2 heterocycles. The van der Waals surface area contributed by atoms with Gasteiger partial charge in [-0.1, -0.05) is 75.9 Å². The molecular formula is C28H36N4OS. The van der Waals surface area contributed by atoms with Gasteiger partial charge in [0.1, 0.15) is 5.04 Å². The number of anilines is 1. The fourth-order valence-electron chi connectivity index (χ4n) is 4.29. The number of carbonyl (C=O) groups is 1. The van der Waals surface area contributed by atoms with E-state index in [2.05, 4.69) is 81.4 Å². The summed E-state index contributed by atoms with van der Waals surface area (Å²) in [6.07, 6.45) is 2.81. The maximum absolute atomic E-state index is 12.7. The van der Waals surface area contributed by atoms with E-state index in [-0.39, 0.29) is 17.0 Å². The van der Waals surface area contributed by atoms with Gasteiger partial charge in [0.05, 0.1) is 11.5 Å². The predicted molar refractivity (Wildman–Crippen MR) is 145 cm³/mol. The van der Waals surface area contributed by atoms with E-state index in [4.69, 9.17) is 9.98 Å². The molecule has 0 aromatic heterocycles. The molecule has 0 unspecified atom stereocenters. The largest absolute Gasteiger partial charge is 0.325 e. The number of rotatable bonds is 5. The minimum atomic E-state index is -0.390. The lowest BCUT2D eigenvalue weighted by atomic mass is 9.86. The van der Waals surface area contributed by atoms with Gasteiger partial charge in [0, 0.05) is 37.2 Å². The van der Waals surface area contributed by atoms with Crippen molar-refractivity contribution in [1.29, 1.82) is 0 Å². The molecule has 0 aliphatic carbocycles. The number of hydrogen-bond donors (Lipinski definition) is 1. The number of likely N-dealkylation sites (tertiary alicyclic amines) is 1. The summed E-state index contributed by atoms with van der Waals surface area (Å²) in [5, 5.41) is 3.89. The maximum atomic E-state index is 12.7. The van der Waals surface area contributed by atoms with Crippen LogP contribution in [0.5, 0.6) is 0 Å². The molecule has 180 valence electrons. The van der Waals surface area contributed by atoms with Crippen molar-refractivity contribution >= 4 is 34.1 Å².